The highest BCUT2D eigenvalue weighted by atomic mass is 16.6. The van der Waals surface area contributed by atoms with Crippen molar-refractivity contribution in [2.24, 2.45) is 0 Å². The second-order valence-corrected chi connectivity index (χ2v) is 12.2. The van der Waals surface area contributed by atoms with Crippen molar-refractivity contribution in [3.63, 3.8) is 0 Å². The Hall–Kier alpha value is -2.55. The monoisotopic (exact) mass is 532 g/mol. The zero-order valence-electron chi connectivity index (χ0n) is 24.9. The van der Waals surface area contributed by atoms with Gasteiger partial charge in [-0.25, -0.2) is 0 Å². The van der Waals surface area contributed by atoms with E-state index in [4.69, 9.17) is 9.47 Å². The molecule has 3 aromatic carbocycles. The molecule has 0 saturated heterocycles. The molecule has 0 unspecified atom stereocenters. The van der Waals surface area contributed by atoms with Gasteiger partial charge in [0.05, 0.1) is 6.61 Å². The van der Waals surface area contributed by atoms with Gasteiger partial charge in [-0.3, -0.25) is 4.79 Å². The lowest BCUT2D eigenvalue weighted by molar-refractivity contribution is -0.154. The fourth-order valence-electron chi connectivity index (χ4n) is 5.31. The smallest absolute Gasteiger partial charge is 0.306 e. The molecule has 0 heterocycles. The molecule has 0 aliphatic heterocycles. The Morgan fingerprint density at radius 2 is 1.08 bits per heavy atom. The Bertz CT molecular complexity index is 1110. The van der Waals surface area contributed by atoms with E-state index in [2.05, 4.69) is 54.6 Å². The van der Waals surface area contributed by atoms with E-state index in [1.54, 1.807) is 0 Å². The Morgan fingerprint density at radius 1 is 0.590 bits per heavy atom. The Balaban J connectivity index is 1.10. The average molecular weight is 533 g/mol. The molecular formula is C36H52O3. The number of fused-ring (bicyclic) bond motifs is 2. The zero-order chi connectivity index (χ0) is 27.8. The van der Waals surface area contributed by atoms with E-state index in [-0.39, 0.29) is 11.6 Å². The quantitative estimate of drug-likeness (QED) is 0.0875. The van der Waals surface area contributed by atoms with Gasteiger partial charge in [0.2, 0.25) is 0 Å². The average Bonchev–Trinajstić information content (AvgIpc) is 2.90. The summed E-state index contributed by atoms with van der Waals surface area (Å²) in [4.78, 5) is 11.7. The van der Waals surface area contributed by atoms with Gasteiger partial charge in [-0.15, -0.1) is 0 Å². The summed E-state index contributed by atoms with van der Waals surface area (Å²) in [6.07, 6.45) is 19.9. The van der Waals surface area contributed by atoms with Gasteiger partial charge in [0, 0.05) is 11.8 Å². The predicted molar refractivity (Wildman–Crippen MR) is 167 cm³/mol. The zero-order valence-corrected chi connectivity index (χ0v) is 24.9. The van der Waals surface area contributed by atoms with Crippen LogP contribution in [0.4, 0.5) is 0 Å². The number of hydrogen-bond acceptors (Lipinski definition) is 3. The number of rotatable bonds is 19. The fraction of sp³-hybridized carbons (Fsp3) is 0.583. The summed E-state index contributed by atoms with van der Waals surface area (Å²) in [6.45, 7) is 6.59. The van der Waals surface area contributed by atoms with Crippen molar-refractivity contribution in [2.75, 3.05) is 6.61 Å². The summed E-state index contributed by atoms with van der Waals surface area (Å²) in [6, 6.07) is 19.4. The third-order valence-electron chi connectivity index (χ3n) is 7.41. The van der Waals surface area contributed by atoms with Crippen molar-refractivity contribution in [1.29, 1.82) is 0 Å². The topological polar surface area (TPSA) is 35.5 Å². The first-order valence-electron chi connectivity index (χ1n) is 15.7. The van der Waals surface area contributed by atoms with E-state index in [9.17, 15) is 4.79 Å². The molecule has 0 atom stereocenters. The molecule has 3 heteroatoms. The van der Waals surface area contributed by atoms with Crippen LogP contribution in [0.25, 0.3) is 21.5 Å². The van der Waals surface area contributed by atoms with Crippen LogP contribution in [-0.2, 0) is 9.53 Å². The second-order valence-electron chi connectivity index (χ2n) is 12.2. The largest absolute Gasteiger partial charge is 0.493 e. The van der Waals surface area contributed by atoms with Crippen molar-refractivity contribution >= 4 is 27.5 Å². The third kappa shape index (κ3) is 12.4. The van der Waals surface area contributed by atoms with Crippen LogP contribution in [0.1, 0.15) is 124 Å². The van der Waals surface area contributed by atoms with Gasteiger partial charge < -0.3 is 9.47 Å². The van der Waals surface area contributed by atoms with Gasteiger partial charge in [-0.1, -0.05) is 120 Å². The Kier molecular flexibility index (Phi) is 13.7. The van der Waals surface area contributed by atoms with E-state index in [0.29, 0.717) is 6.42 Å². The second kappa shape index (κ2) is 17.2. The summed E-state index contributed by atoms with van der Waals surface area (Å²) >= 11 is 0. The molecule has 0 aromatic heterocycles. The van der Waals surface area contributed by atoms with Gasteiger partial charge in [-0.05, 0) is 68.0 Å². The summed E-state index contributed by atoms with van der Waals surface area (Å²) in [7, 11) is 0. The maximum Gasteiger partial charge on any atom is 0.306 e. The molecule has 0 amide bonds. The highest BCUT2D eigenvalue weighted by Gasteiger charge is 2.15. The molecule has 0 aliphatic carbocycles. The summed E-state index contributed by atoms with van der Waals surface area (Å²) in [5, 5.41) is 5.01. The van der Waals surface area contributed by atoms with Gasteiger partial charge in [0.25, 0.3) is 0 Å². The van der Waals surface area contributed by atoms with Crippen LogP contribution < -0.4 is 4.74 Å². The summed E-state index contributed by atoms with van der Waals surface area (Å²) in [5.74, 6) is 0.957. The van der Waals surface area contributed by atoms with E-state index in [1.165, 1.54) is 98.6 Å². The summed E-state index contributed by atoms with van der Waals surface area (Å²) in [5.41, 5.74) is -0.359. The Labute approximate surface area is 237 Å². The lowest BCUT2D eigenvalue weighted by atomic mass is 10.0. The Morgan fingerprint density at radius 3 is 1.64 bits per heavy atom. The van der Waals surface area contributed by atoms with Crippen LogP contribution in [0.2, 0.25) is 0 Å². The number of esters is 1. The number of ether oxygens (including phenoxy) is 2. The molecule has 3 rings (SSSR count). The van der Waals surface area contributed by atoms with Gasteiger partial charge in [-0.2, -0.15) is 0 Å². The van der Waals surface area contributed by atoms with Crippen molar-refractivity contribution < 1.29 is 14.3 Å². The van der Waals surface area contributed by atoms with Crippen LogP contribution in [0.3, 0.4) is 0 Å². The molecule has 0 aliphatic rings. The van der Waals surface area contributed by atoms with E-state index < -0.39 is 0 Å². The first-order valence-corrected chi connectivity index (χ1v) is 15.7. The molecule has 0 saturated carbocycles. The number of unbranched alkanes of at least 4 members (excludes halogenated alkanes) is 14. The molecular weight excluding hydrogens is 480 g/mol. The van der Waals surface area contributed by atoms with Crippen LogP contribution >= 0.6 is 0 Å². The molecule has 0 spiro atoms. The van der Waals surface area contributed by atoms with Gasteiger partial charge >= 0.3 is 5.97 Å². The first kappa shape index (κ1) is 31.0. The van der Waals surface area contributed by atoms with Gasteiger partial charge in [0.15, 0.2) is 0 Å². The minimum Gasteiger partial charge on any atom is -0.493 e. The van der Waals surface area contributed by atoms with Crippen LogP contribution in [0.5, 0.6) is 5.75 Å². The highest BCUT2D eigenvalue weighted by Crippen LogP contribution is 2.30. The molecule has 0 radical (unpaired) electrons. The molecule has 0 fully saturated rings. The molecule has 39 heavy (non-hydrogen) atoms. The SMILES string of the molecule is CC(C)(C)OC(=O)CCCCCCCCCCCCCCCCCOc1cccc2cc3ccccc3cc12. The van der Waals surface area contributed by atoms with Crippen molar-refractivity contribution in [2.45, 2.75) is 129 Å². The van der Waals surface area contributed by atoms with E-state index >= 15 is 0 Å². The maximum absolute atomic E-state index is 11.7. The van der Waals surface area contributed by atoms with Gasteiger partial charge in [0.1, 0.15) is 11.4 Å². The van der Waals surface area contributed by atoms with Crippen molar-refractivity contribution in [1.82, 2.24) is 0 Å². The molecule has 3 aromatic rings. The third-order valence-corrected chi connectivity index (χ3v) is 7.41. The van der Waals surface area contributed by atoms with Crippen LogP contribution in [0, 0.1) is 0 Å². The van der Waals surface area contributed by atoms with Crippen molar-refractivity contribution in [3.05, 3.63) is 54.6 Å². The number of carbonyl (C=O) groups excluding carboxylic acids is 1. The highest BCUT2D eigenvalue weighted by molar-refractivity contribution is 6.00. The minimum atomic E-state index is -0.359. The normalized spacial score (nSPS) is 11.8. The molecule has 3 nitrogen and oxygen atoms in total. The number of benzene rings is 3. The fourth-order valence-corrected chi connectivity index (χ4v) is 5.31. The maximum atomic E-state index is 11.7. The van der Waals surface area contributed by atoms with Crippen LogP contribution in [-0.4, -0.2) is 18.2 Å². The molecule has 214 valence electrons. The lowest BCUT2D eigenvalue weighted by Gasteiger charge is -2.19. The lowest BCUT2D eigenvalue weighted by Crippen LogP contribution is -2.23. The number of hydrogen-bond donors (Lipinski definition) is 0. The summed E-state index contributed by atoms with van der Waals surface area (Å²) < 4.78 is 11.6. The minimum absolute atomic E-state index is 0.0533. The molecule has 0 bridgehead atoms. The standard InChI is InChI=1S/C36H52O3/c1-36(2,3)39-35(37)26-17-15-13-11-9-7-5-4-6-8-10-12-14-16-20-27-38-34-25-21-24-32-28-30-22-18-19-23-31(30)29-33(32)34/h18-19,21-25,28-29H,4-17,20,26-27H2,1-3H3. The first-order chi connectivity index (χ1) is 18.9. The molecule has 0 N–H and O–H groups in total. The van der Waals surface area contributed by atoms with E-state index in [1.807, 2.05) is 20.8 Å². The predicted octanol–water partition coefficient (Wildman–Crippen LogP) is 11.0. The van der Waals surface area contributed by atoms with E-state index in [0.717, 1.165) is 31.6 Å². The van der Waals surface area contributed by atoms with Crippen LogP contribution in [0.15, 0.2) is 54.6 Å². The number of carbonyl (C=O) groups is 1. The van der Waals surface area contributed by atoms with Crippen molar-refractivity contribution in [3.8, 4) is 5.75 Å².